The van der Waals surface area contributed by atoms with Gasteiger partial charge in [-0.1, -0.05) is 78.3 Å². The molecule has 0 saturated carbocycles. The van der Waals surface area contributed by atoms with Crippen LogP contribution in [0, 0.1) is 0 Å². The molecule has 3 amide bonds. The Labute approximate surface area is 308 Å². The quantitative estimate of drug-likeness (QED) is 0.0856. The fraction of sp³-hybridized carbons (Fsp3) is 0.0500. The van der Waals surface area contributed by atoms with Gasteiger partial charge in [-0.2, -0.15) is 0 Å². The number of methoxy groups -OCH3 is 1. The molecule has 1 atom stereocenters. The first-order chi connectivity index (χ1) is 24.9. The van der Waals surface area contributed by atoms with Crippen molar-refractivity contribution < 1.29 is 19.1 Å². The lowest BCUT2D eigenvalue weighted by molar-refractivity contribution is -0.116. The van der Waals surface area contributed by atoms with Crippen LogP contribution >= 0.6 is 34.7 Å². The third-order valence-corrected chi connectivity index (χ3v) is 9.93. The standard InChI is InChI=1S/C40H31ClN4O4S2/c1-49-31-20-16-26(17-21-31)35-25-50-40(44-35)45-39(48)36(27-10-4-2-5-11-27)51-32-22-18-30(19-23-32)42-38(47)34(24-29-14-8-9-15-33(29)41)43-37(46)28-12-6-3-7-13-28/h2-25,36H,1H3,(H,42,47)(H,43,46)(H,44,45,48)/b34-24-. The van der Waals surface area contributed by atoms with E-state index >= 15 is 0 Å². The number of halogens is 1. The maximum absolute atomic E-state index is 13.7. The number of benzene rings is 5. The van der Waals surface area contributed by atoms with E-state index in [1.54, 1.807) is 73.8 Å². The Balaban J connectivity index is 1.16. The number of thiazole rings is 1. The Morgan fingerprint density at radius 2 is 1.47 bits per heavy atom. The van der Waals surface area contributed by atoms with Crippen molar-refractivity contribution in [1.82, 2.24) is 10.3 Å². The third-order valence-electron chi connectivity index (χ3n) is 7.56. The molecule has 51 heavy (non-hydrogen) atoms. The number of carbonyl (C=O) groups excluding carboxylic acids is 3. The van der Waals surface area contributed by atoms with Gasteiger partial charge in [0.2, 0.25) is 5.91 Å². The molecule has 0 aliphatic carbocycles. The molecule has 1 heterocycles. The Hall–Kier alpha value is -5.68. The number of amides is 3. The number of ether oxygens (including phenoxy) is 1. The summed E-state index contributed by atoms with van der Waals surface area (Å²) in [4.78, 5) is 45.7. The molecule has 8 nitrogen and oxygen atoms in total. The molecule has 3 N–H and O–H groups in total. The Kier molecular flexibility index (Phi) is 11.6. The molecular weight excluding hydrogens is 700 g/mol. The molecular formula is C40H31ClN4O4S2. The van der Waals surface area contributed by atoms with Crippen molar-refractivity contribution in [2.45, 2.75) is 10.1 Å². The summed E-state index contributed by atoms with van der Waals surface area (Å²) in [7, 11) is 1.62. The van der Waals surface area contributed by atoms with Crippen LogP contribution in [-0.2, 0) is 9.59 Å². The van der Waals surface area contributed by atoms with E-state index in [1.807, 2.05) is 72.1 Å². The van der Waals surface area contributed by atoms with Gasteiger partial charge >= 0.3 is 0 Å². The number of nitrogens with zero attached hydrogens (tertiary/aromatic N) is 1. The van der Waals surface area contributed by atoms with Crippen molar-refractivity contribution >= 4 is 69.3 Å². The Morgan fingerprint density at radius 1 is 0.804 bits per heavy atom. The minimum absolute atomic E-state index is 0.0218. The number of nitrogens with one attached hydrogen (secondary N) is 3. The summed E-state index contributed by atoms with van der Waals surface area (Å²) in [6, 6.07) is 39.9. The van der Waals surface area contributed by atoms with E-state index in [-0.39, 0.29) is 11.6 Å². The second kappa shape index (κ2) is 16.8. The summed E-state index contributed by atoms with van der Waals surface area (Å²) < 4.78 is 5.25. The van der Waals surface area contributed by atoms with Crippen LogP contribution in [0.2, 0.25) is 5.02 Å². The number of hydrogen-bond donors (Lipinski definition) is 3. The number of hydrogen-bond acceptors (Lipinski definition) is 7. The second-order valence-corrected chi connectivity index (χ2v) is 13.5. The van der Waals surface area contributed by atoms with Gasteiger partial charge in [-0.3, -0.25) is 14.4 Å². The van der Waals surface area contributed by atoms with E-state index < -0.39 is 17.1 Å². The molecule has 0 saturated heterocycles. The smallest absolute Gasteiger partial charge is 0.272 e. The van der Waals surface area contributed by atoms with Crippen LogP contribution in [0.25, 0.3) is 17.3 Å². The van der Waals surface area contributed by atoms with Gasteiger partial charge in [0.25, 0.3) is 11.8 Å². The molecule has 0 radical (unpaired) electrons. The number of carbonyl (C=O) groups is 3. The van der Waals surface area contributed by atoms with Crippen LogP contribution in [0.4, 0.5) is 10.8 Å². The van der Waals surface area contributed by atoms with Gasteiger partial charge in [0.05, 0.1) is 12.8 Å². The second-order valence-electron chi connectivity index (χ2n) is 11.0. The van der Waals surface area contributed by atoms with Crippen LogP contribution in [-0.4, -0.2) is 29.8 Å². The van der Waals surface area contributed by atoms with E-state index in [0.29, 0.717) is 27.0 Å². The fourth-order valence-electron chi connectivity index (χ4n) is 4.94. The monoisotopic (exact) mass is 730 g/mol. The first-order valence-electron chi connectivity index (χ1n) is 15.7. The average Bonchev–Trinajstić information content (AvgIpc) is 3.64. The van der Waals surface area contributed by atoms with Gasteiger partial charge in [-0.25, -0.2) is 4.98 Å². The molecule has 11 heteroatoms. The molecule has 1 aromatic heterocycles. The minimum Gasteiger partial charge on any atom is -0.497 e. The highest BCUT2D eigenvalue weighted by molar-refractivity contribution is 8.00. The molecule has 6 aromatic rings. The first kappa shape index (κ1) is 35.2. The predicted molar refractivity (Wildman–Crippen MR) is 206 cm³/mol. The van der Waals surface area contributed by atoms with Crippen LogP contribution in [0.1, 0.15) is 26.7 Å². The molecule has 0 fully saturated rings. The average molecular weight is 731 g/mol. The van der Waals surface area contributed by atoms with Crippen molar-refractivity contribution in [3.05, 3.63) is 166 Å². The van der Waals surface area contributed by atoms with Crippen LogP contribution < -0.4 is 20.7 Å². The zero-order valence-electron chi connectivity index (χ0n) is 27.2. The molecule has 0 spiro atoms. The Bertz CT molecular complexity index is 2160. The summed E-state index contributed by atoms with van der Waals surface area (Å²) in [6.45, 7) is 0. The van der Waals surface area contributed by atoms with Gasteiger partial charge in [0.15, 0.2) is 5.13 Å². The van der Waals surface area contributed by atoms with E-state index in [2.05, 4.69) is 20.9 Å². The van der Waals surface area contributed by atoms with E-state index in [9.17, 15) is 14.4 Å². The molecule has 5 aromatic carbocycles. The predicted octanol–water partition coefficient (Wildman–Crippen LogP) is 9.35. The minimum atomic E-state index is -0.585. The van der Waals surface area contributed by atoms with Crippen molar-refractivity contribution in [2.24, 2.45) is 0 Å². The zero-order valence-corrected chi connectivity index (χ0v) is 29.6. The maximum Gasteiger partial charge on any atom is 0.272 e. The summed E-state index contributed by atoms with van der Waals surface area (Å²) >= 11 is 9.09. The van der Waals surface area contributed by atoms with Gasteiger partial charge in [0, 0.05) is 32.1 Å². The van der Waals surface area contributed by atoms with Crippen LogP contribution in [0.3, 0.4) is 0 Å². The van der Waals surface area contributed by atoms with Crippen molar-refractivity contribution in [2.75, 3.05) is 17.7 Å². The van der Waals surface area contributed by atoms with E-state index in [0.717, 1.165) is 27.5 Å². The first-order valence-corrected chi connectivity index (χ1v) is 17.9. The highest BCUT2D eigenvalue weighted by Gasteiger charge is 2.24. The van der Waals surface area contributed by atoms with Gasteiger partial charge in [0.1, 0.15) is 16.7 Å². The van der Waals surface area contributed by atoms with Gasteiger partial charge in [-0.15, -0.1) is 23.1 Å². The van der Waals surface area contributed by atoms with Crippen molar-refractivity contribution in [3.8, 4) is 17.0 Å². The van der Waals surface area contributed by atoms with Crippen LogP contribution in [0.5, 0.6) is 5.75 Å². The van der Waals surface area contributed by atoms with Crippen molar-refractivity contribution in [3.63, 3.8) is 0 Å². The summed E-state index contributed by atoms with van der Waals surface area (Å²) in [5.41, 5.74) is 3.99. The maximum atomic E-state index is 13.7. The highest BCUT2D eigenvalue weighted by atomic mass is 35.5. The number of thioether (sulfide) groups is 1. The van der Waals surface area contributed by atoms with Gasteiger partial charge < -0.3 is 20.7 Å². The number of anilines is 2. The molecule has 6 rings (SSSR count). The molecule has 0 aliphatic heterocycles. The zero-order chi connectivity index (χ0) is 35.6. The lowest BCUT2D eigenvalue weighted by Gasteiger charge is -2.17. The highest BCUT2D eigenvalue weighted by Crippen LogP contribution is 2.37. The largest absolute Gasteiger partial charge is 0.497 e. The fourth-order valence-corrected chi connectivity index (χ4v) is 6.88. The lowest BCUT2D eigenvalue weighted by atomic mass is 10.1. The summed E-state index contributed by atoms with van der Waals surface area (Å²) in [6.07, 6.45) is 1.54. The van der Waals surface area contributed by atoms with Crippen molar-refractivity contribution in [1.29, 1.82) is 0 Å². The molecule has 1 unspecified atom stereocenters. The summed E-state index contributed by atoms with van der Waals surface area (Å²) in [5, 5.41) is 10.8. The third kappa shape index (κ3) is 9.31. The molecule has 0 aliphatic rings. The van der Waals surface area contributed by atoms with E-state index in [1.165, 1.54) is 29.2 Å². The molecule has 0 bridgehead atoms. The Morgan fingerprint density at radius 3 is 2.16 bits per heavy atom. The lowest BCUT2D eigenvalue weighted by Crippen LogP contribution is -2.30. The van der Waals surface area contributed by atoms with Crippen LogP contribution in [0.15, 0.2) is 149 Å². The SMILES string of the molecule is COc1ccc(-c2csc(NC(=O)C(Sc3ccc(NC(=O)/C(=C/c4ccccc4Cl)NC(=O)c4ccccc4)cc3)c3ccccc3)n2)cc1. The summed E-state index contributed by atoms with van der Waals surface area (Å²) in [5.74, 6) is -0.431. The number of rotatable bonds is 12. The van der Waals surface area contributed by atoms with E-state index in [4.69, 9.17) is 16.3 Å². The number of aromatic nitrogens is 1. The van der Waals surface area contributed by atoms with Gasteiger partial charge in [-0.05, 0) is 83.9 Å². The molecule has 254 valence electrons. The normalized spacial score (nSPS) is 11.7. The topological polar surface area (TPSA) is 109 Å².